The maximum Gasteiger partial charge on any atom is 0.253 e. The van der Waals surface area contributed by atoms with Crippen LogP contribution in [0.1, 0.15) is 49.5 Å². The highest BCUT2D eigenvalue weighted by Crippen LogP contribution is 2.34. The number of rotatable bonds is 6. The number of carbonyl (C=O) groups excluding carboxylic acids is 1. The number of hydrogen-bond acceptors (Lipinski definition) is 5. The zero-order valence-corrected chi connectivity index (χ0v) is 21.6. The largest absolute Gasteiger partial charge is 0.487 e. The summed E-state index contributed by atoms with van der Waals surface area (Å²) >= 11 is 0. The Bertz CT molecular complexity index is 1190. The number of unbranched alkanes of at least 4 members (excludes halogenated alkanes) is 1. The van der Waals surface area contributed by atoms with Crippen molar-refractivity contribution >= 4 is 15.9 Å². The van der Waals surface area contributed by atoms with Crippen LogP contribution >= 0.6 is 0 Å². The van der Waals surface area contributed by atoms with Crippen molar-refractivity contribution in [2.45, 2.75) is 50.7 Å². The third-order valence-electron chi connectivity index (χ3n) is 6.10. The number of ether oxygens (including phenoxy) is 1. The van der Waals surface area contributed by atoms with E-state index in [1.165, 1.54) is 10.4 Å². The number of aliphatic hydroxyl groups is 1. The maximum atomic E-state index is 13.6. The normalized spacial score (nSPS) is 20.3. The first-order valence-electron chi connectivity index (χ1n) is 11.9. The second-order valence-corrected chi connectivity index (χ2v) is 10.9. The quantitative estimate of drug-likeness (QED) is 0.617. The number of sulfonamides is 1. The van der Waals surface area contributed by atoms with Crippen molar-refractivity contribution < 1.29 is 23.1 Å². The van der Waals surface area contributed by atoms with Crippen molar-refractivity contribution in [3.05, 3.63) is 59.7 Å². The summed E-state index contributed by atoms with van der Waals surface area (Å²) < 4.78 is 34.7. The molecule has 0 saturated heterocycles. The highest BCUT2D eigenvalue weighted by molar-refractivity contribution is 7.89. The first kappa shape index (κ1) is 26.7. The monoisotopic (exact) mass is 498 g/mol. The molecular formula is C27H34N2O5S. The second kappa shape index (κ2) is 11.7. The van der Waals surface area contributed by atoms with Gasteiger partial charge in [0.15, 0.2) is 0 Å². The van der Waals surface area contributed by atoms with Gasteiger partial charge in [0.05, 0.1) is 13.2 Å². The average molecular weight is 499 g/mol. The third-order valence-corrected chi connectivity index (χ3v) is 8.12. The minimum Gasteiger partial charge on any atom is -0.487 e. The SMILES string of the molecule is CCCC#Cc1ccc2c(c1)O[C@@H](CN(C)C(=O)c1ccccc1)[C@H](C)CN([C@@H](C)CO)S2(=O)=O. The summed E-state index contributed by atoms with van der Waals surface area (Å²) in [5.41, 5.74) is 1.23. The van der Waals surface area contributed by atoms with Gasteiger partial charge in [0, 0.05) is 43.1 Å². The van der Waals surface area contributed by atoms with Crippen LogP contribution in [0.4, 0.5) is 0 Å². The zero-order valence-electron chi connectivity index (χ0n) is 20.8. The number of hydrogen-bond donors (Lipinski definition) is 1. The molecule has 0 spiro atoms. The molecular weight excluding hydrogens is 464 g/mol. The van der Waals surface area contributed by atoms with Gasteiger partial charge >= 0.3 is 0 Å². The summed E-state index contributed by atoms with van der Waals surface area (Å²) in [6.07, 6.45) is 1.19. The molecule has 0 bridgehead atoms. The maximum absolute atomic E-state index is 13.6. The lowest BCUT2D eigenvalue weighted by Crippen LogP contribution is -2.50. The summed E-state index contributed by atoms with van der Waals surface area (Å²) in [7, 11) is -2.21. The van der Waals surface area contributed by atoms with Crippen molar-refractivity contribution in [3.8, 4) is 17.6 Å². The van der Waals surface area contributed by atoms with Crippen LogP contribution in [-0.2, 0) is 10.0 Å². The molecule has 0 aromatic heterocycles. The summed E-state index contributed by atoms with van der Waals surface area (Å²) in [4.78, 5) is 14.6. The predicted octanol–water partition coefficient (Wildman–Crippen LogP) is 3.38. The van der Waals surface area contributed by atoms with Gasteiger partial charge < -0.3 is 14.7 Å². The van der Waals surface area contributed by atoms with Gasteiger partial charge in [-0.2, -0.15) is 4.31 Å². The molecule has 0 unspecified atom stereocenters. The van der Waals surface area contributed by atoms with E-state index in [4.69, 9.17) is 4.74 Å². The molecule has 7 nitrogen and oxygen atoms in total. The molecule has 1 N–H and O–H groups in total. The molecule has 3 atom stereocenters. The van der Waals surface area contributed by atoms with E-state index in [1.807, 2.05) is 32.0 Å². The molecule has 0 aliphatic carbocycles. The Balaban J connectivity index is 2.01. The van der Waals surface area contributed by atoms with Crippen molar-refractivity contribution in [1.82, 2.24) is 9.21 Å². The predicted molar refractivity (Wildman–Crippen MR) is 136 cm³/mol. The van der Waals surface area contributed by atoms with Gasteiger partial charge in [-0.15, -0.1) is 0 Å². The minimum atomic E-state index is -3.92. The van der Waals surface area contributed by atoms with Crippen molar-refractivity contribution in [2.75, 3.05) is 26.7 Å². The highest BCUT2D eigenvalue weighted by Gasteiger charge is 2.38. The fraction of sp³-hybridized carbons (Fsp3) is 0.444. The summed E-state index contributed by atoms with van der Waals surface area (Å²) in [5.74, 6) is 5.95. The summed E-state index contributed by atoms with van der Waals surface area (Å²) in [5, 5.41) is 9.78. The van der Waals surface area contributed by atoms with Crippen LogP contribution in [0.25, 0.3) is 0 Å². The molecule has 0 radical (unpaired) electrons. The number of amides is 1. The Hall–Kier alpha value is -2.86. The van der Waals surface area contributed by atoms with E-state index in [2.05, 4.69) is 11.8 Å². The van der Waals surface area contributed by atoms with E-state index in [-0.39, 0.29) is 42.2 Å². The zero-order chi connectivity index (χ0) is 25.6. The minimum absolute atomic E-state index is 0.0350. The van der Waals surface area contributed by atoms with Crippen LogP contribution in [0.2, 0.25) is 0 Å². The number of carbonyl (C=O) groups is 1. The molecule has 2 aromatic carbocycles. The first-order valence-corrected chi connectivity index (χ1v) is 13.4. The second-order valence-electron chi connectivity index (χ2n) is 9.00. The van der Waals surface area contributed by atoms with Gasteiger partial charge in [0.2, 0.25) is 10.0 Å². The van der Waals surface area contributed by atoms with Gasteiger partial charge in [-0.3, -0.25) is 4.79 Å². The first-order chi connectivity index (χ1) is 16.7. The molecule has 3 rings (SSSR count). The van der Waals surface area contributed by atoms with Crippen LogP contribution < -0.4 is 4.74 Å². The summed E-state index contributed by atoms with van der Waals surface area (Å²) in [6.45, 7) is 5.73. The van der Waals surface area contributed by atoms with Crippen molar-refractivity contribution in [1.29, 1.82) is 0 Å². The lowest BCUT2D eigenvalue weighted by atomic mass is 10.0. The van der Waals surface area contributed by atoms with Gasteiger partial charge in [-0.05, 0) is 43.7 Å². The molecule has 1 amide bonds. The van der Waals surface area contributed by atoms with Crippen LogP contribution in [0, 0.1) is 17.8 Å². The van der Waals surface area contributed by atoms with Crippen molar-refractivity contribution in [2.24, 2.45) is 5.92 Å². The molecule has 8 heteroatoms. The third kappa shape index (κ3) is 6.23. The standard InChI is InChI=1S/C27H34N2O5S/c1-5-6-8-11-22-14-15-26-24(16-22)34-25(18-28(4)27(31)23-12-9-7-10-13-23)20(2)17-29(21(3)19-30)35(26,32)33/h7,9-10,12-16,20-21,25,30H,5-6,17-19H2,1-4H3/t20-,21+,25+/m1/s1. The molecule has 35 heavy (non-hydrogen) atoms. The van der Waals surface area contributed by atoms with Crippen LogP contribution in [0.5, 0.6) is 5.75 Å². The fourth-order valence-corrected chi connectivity index (χ4v) is 5.79. The Morgan fingerprint density at radius 2 is 1.97 bits per heavy atom. The fourth-order valence-electron chi connectivity index (χ4n) is 3.96. The average Bonchev–Trinajstić information content (AvgIpc) is 2.85. The van der Waals surface area contributed by atoms with Crippen LogP contribution in [0.3, 0.4) is 0 Å². The van der Waals surface area contributed by atoms with Gasteiger partial charge in [-0.25, -0.2) is 8.42 Å². The van der Waals surface area contributed by atoms with E-state index in [1.54, 1.807) is 43.1 Å². The molecule has 1 heterocycles. The molecule has 1 aliphatic heterocycles. The summed E-state index contributed by atoms with van der Waals surface area (Å²) in [6, 6.07) is 13.2. The number of benzene rings is 2. The topological polar surface area (TPSA) is 87.2 Å². The van der Waals surface area contributed by atoms with E-state index in [0.29, 0.717) is 11.1 Å². The van der Waals surface area contributed by atoms with Crippen molar-refractivity contribution in [3.63, 3.8) is 0 Å². The Morgan fingerprint density at radius 1 is 1.26 bits per heavy atom. The Labute approximate surface area is 208 Å². The number of nitrogens with zero attached hydrogens (tertiary/aromatic N) is 2. The highest BCUT2D eigenvalue weighted by atomic mass is 32.2. The Kier molecular flexibility index (Phi) is 8.95. The van der Waals surface area contributed by atoms with Gasteiger partial charge in [-0.1, -0.05) is 43.9 Å². The lowest BCUT2D eigenvalue weighted by molar-refractivity contribution is 0.0563. The Morgan fingerprint density at radius 3 is 2.63 bits per heavy atom. The number of aliphatic hydroxyl groups excluding tert-OH is 1. The van der Waals surface area contributed by atoms with Crippen LogP contribution in [0.15, 0.2) is 53.4 Å². The van der Waals surface area contributed by atoms with Gasteiger partial charge in [0.1, 0.15) is 16.7 Å². The molecule has 0 fully saturated rings. The van der Waals surface area contributed by atoms with E-state index in [0.717, 1.165) is 12.8 Å². The molecule has 0 saturated carbocycles. The smallest absolute Gasteiger partial charge is 0.253 e. The van der Waals surface area contributed by atoms with E-state index < -0.39 is 22.2 Å². The van der Waals surface area contributed by atoms with Crippen LogP contribution in [-0.4, -0.2) is 67.5 Å². The number of fused-ring (bicyclic) bond motifs is 1. The van der Waals surface area contributed by atoms with Gasteiger partial charge in [0.25, 0.3) is 5.91 Å². The van der Waals surface area contributed by atoms with E-state index >= 15 is 0 Å². The van der Waals surface area contributed by atoms with E-state index in [9.17, 15) is 18.3 Å². The molecule has 188 valence electrons. The number of likely N-dealkylation sites (N-methyl/N-ethyl adjacent to an activating group) is 1. The molecule has 1 aliphatic rings. The lowest BCUT2D eigenvalue weighted by Gasteiger charge is -2.37. The molecule has 2 aromatic rings.